The van der Waals surface area contributed by atoms with Crippen LogP contribution in [0.5, 0.6) is 5.75 Å². The molecular weight excluding hydrogens is 250 g/mol. The van der Waals surface area contributed by atoms with Crippen LogP contribution in [0.4, 0.5) is 0 Å². The van der Waals surface area contributed by atoms with Gasteiger partial charge < -0.3 is 14.8 Å². The van der Waals surface area contributed by atoms with Gasteiger partial charge in [-0.15, -0.1) is 0 Å². The van der Waals surface area contributed by atoms with Crippen LogP contribution in [-0.4, -0.2) is 25.3 Å². The van der Waals surface area contributed by atoms with Gasteiger partial charge in [-0.3, -0.25) is 0 Å². The summed E-state index contributed by atoms with van der Waals surface area (Å²) in [6, 6.07) is 8.60. The van der Waals surface area contributed by atoms with E-state index < -0.39 is 0 Å². The number of benzene rings is 1. The molecule has 0 amide bonds. The van der Waals surface area contributed by atoms with E-state index >= 15 is 0 Å². The molecule has 1 aliphatic heterocycles. The number of ether oxygens (including phenoxy) is 2. The molecule has 3 heteroatoms. The van der Waals surface area contributed by atoms with Gasteiger partial charge >= 0.3 is 0 Å². The van der Waals surface area contributed by atoms with Gasteiger partial charge in [-0.1, -0.05) is 31.4 Å². The van der Waals surface area contributed by atoms with Crippen LogP contribution in [0.3, 0.4) is 0 Å². The minimum atomic E-state index is 0.147. The van der Waals surface area contributed by atoms with Crippen molar-refractivity contribution in [1.82, 2.24) is 5.32 Å². The normalized spacial score (nSPS) is 29.3. The highest BCUT2D eigenvalue weighted by molar-refractivity contribution is 5.29. The summed E-state index contributed by atoms with van der Waals surface area (Å²) < 4.78 is 11.5. The molecule has 3 rings (SSSR count). The van der Waals surface area contributed by atoms with Gasteiger partial charge in [0.2, 0.25) is 0 Å². The molecule has 1 saturated carbocycles. The molecule has 2 aliphatic rings. The van der Waals surface area contributed by atoms with Crippen molar-refractivity contribution in [2.75, 3.05) is 13.7 Å². The van der Waals surface area contributed by atoms with Gasteiger partial charge in [0, 0.05) is 11.6 Å². The first-order valence-corrected chi connectivity index (χ1v) is 7.76. The number of methoxy groups -OCH3 is 1. The molecule has 1 aromatic rings. The van der Waals surface area contributed by atoms with Crippen molar-refractivity contribution in [1.29, 1.82) is 0 Å². The van der Waals surface area contributed by atoms with Crippen molar-refractivity contribution in [3.05, 3.63) is 29.8 Å². The lowest BCUT2D eigenvalue weighted by Gasteiger charge is -2.47. The van der Waals surface area contributed by atoms with Gasteiger partial charge in [-0.25, -0.2) is 0 Å². The summed E-state index contributed by atoms with van der Waals surface area (Å²) in [5, 5.41) is 3.85. The van der Waals surface area contributed by atoms with Crippen molar-refractivity contribution in [2.45, 2.75) is 56.7 Å². The van der Waals surface area contributed by atoms with E-state index in [4.69, 9.17) is 9.47 Å². The first-order chi connectivity index (χ1) is 9.72. The van der Waals surface area contributed by atoms with Gasteiger partial charge in [0.05, 0.1) is 19.8 Å². The van der Waals surface area contributed by atoms with Gasteiger partial charge in [0.15, 0.2) is 0 Å². The zero-order chi connectivity index (χ0) is 14.0. The van der Waals surface area contributed by atoms with Crippen molar-refractivity contribution in [3.63, 3.8) is 0 Å². The predicted molar refractivity (Wildman–Crippen MR) is 80.1 cm³/mol. The van der Waals surface area contributed by atoms with E-state index in [9.17, 15) is 0 Å². The number of rotatable bonds is 2. The summed E-state index contributed by atoms with van der Waals surface area (Å²) in [4.78, 5) is 0. The largest absolute Gasteiger partial charge is 0.497 e. The van der Waals surface area contributed by atoms with Gasteiger partial charge in [-0.2, -0.15) is 0 Å². The molecule has 2 unspecified atom stereocenters. The quantitative estimate of drug-likeness (QED) is 0.896. The molecular formula is C17H25NO2. The smallest absolute Gasteiger partial charge is 0.118 e. The van der Waals surface area contributed by atoms with Crippen LogP contribution < -0.4 is 10.1 Å². The van der Waals surface area contributed by atoms with E-state index in [2.05, 4.69) is 24.4 Å². The van der Waals surface area contributed by atoms with Crippen LogP contribution in [-0.2, 0) is 4.74 Å². The molecule has 1 N–H and O–H groups in total. The second-order valence-electron chi connectivity index (χ2n) is 6.28. The molecule has 2 atom stereocenters. The number of hydrogen-bond donors (Lipinski definition) is 1. The van der Waals surface area contributed by atoms with Crippen LogP contribution >= 0.6 is 0 Å². The standard InChI is InChI=1S/C17H25NO2/c1-13-16(14-6-8-15(19-2)9-7-14)20-12-17(18-13)10-4-3-5-11-17/h6-9,13,16,18H,3-5,10-12H2,1-2H3. The van der Waals surface area contributed by atoms with Crippen molar-refractivity contribution < 1.29 is 9.47 Å². The molecule has 3 nitrogen and oxygen atoms in total. The SMILES string of the molecule is COc1ccc(C2OCC3(CCCCC3)NC2C)cc1. The van der Waals surface area contributed by atoms with E-state index in [0.717, 1.165) is 12.4 Å². The van der Waals surface area contributed by atoms with E-state index in [1.807, 2.05) is 12.1 Å². The number of hydrogen-bond acceptors (Lipinski definition) is 3. The molecule has 1 aliphatic carbocycles. The predicted octanol–water partition coefficient (Wildman–Crippen LogP) is 3.45. The maximum atomic E-state index is 6.24. The van der Waals surface area contributed by atoms with E-state index in [-0.39, 0.29) is 11.6 Å². The Kier molecular flexibility index (Phi) is 3.99. The average Bonchev–Trinajstić information content (AvgIpc) is 2.48. The Labute approximate surface area is 121 Å². The maximum Gasteiger partial charge on any atom is 0.118 e. The summed E-state index contributed by atoms with van der Waals surface area (Å²) in [6.07, 6.45) is 6.69. The first-order valence-electron chi connectivity index (χ1n) is 7.76. The Bertz CT molecular complexity index is 437. The molecule has 1 aromatic carbocycles. The summed E-state index contributed by atoms with van der Waals surface area (Å²) in [5.74, 6) is 0.897. The molecule has 20 heavy (non-hydrogen) atoms. The Morgan fingerprint density at radius 1 is 1.15 bits per heavy atom. The Morgan fingerprint density at radius 2 is 1.85 bits per heavy atom. The van der Waals surface area contributed by atoms with E-state index in [1.54, 1.807) is 7.11 Å². The summed E-state index contributed by atoms with van der Waals surface area (Å²) >= 11 is 0. The van der Waals surface area contributed by atoms with Crippen LogP contribution in [0.1, 0.15) is 50.7 Å². The van der Waals surface area contributed by atoms with Crippen molar-refractivity contribution in [2.24, 2.45) is 0 Å². The van der Waals surface area contributed by atoms with Crippen LogP contribution in [0, 0.1) is 0 Å². The highest BCUT2D eigenvalue weighted by Gasteiger charge is 2.40. The van der Waals surface area contributed by atoms with Gasteiger partial charge in [-0.05, 0) is 37.5 Å². The molecule has 0 radical (unpaired) electrons. The maximum absolute atomic E-state index is 6.24. The molecule has 110 valence electrons. The fourth-order valence-electron chi connectivity index (χ4n) is 3.69. The molecule has 1 spiro atoms. The molecule has 0 aromatic heterocycles. The number of nitrogens with one attached hydrogen (secondary N) is 1. The molecule has 1 heterocycles. The monoisotopic (exact) mass is 275 g/mol. The van der Waals surface area contributed by atoms with Crippen LogP contribution in [0.2, 0.25) is 0 Å². The fraction of sp³-hybridized carbons (Fsp3) is 0.647. The van der Waals surface area contributed by atoms with Crippen LogP contribution in [0.15, 0.2) is 24.3 Å². The lowest BCUT2D eigenvalue weighted by molar-refractivity contribution is -0.0714. The fourth-order valence-corrected chi connectivity index (χ4v) is 3.69. The van der Waals surface area contributed by atoms with Crippen molar-refractivity contribution in [3.8, 4) is 5.75 Å². The molecule has 1 saturated heterocycles. The second kappa shape index (κ2) is 5.74. The topological polar surface area (TPSA) is 30.5 Å². The summed E-state index contributed by atoms with van der Waals surface area (Å²) in [7, 11) is 1.70. The lowest BCUT2D eigenvalue weighted by atomic mass is 9.80. The Hall–Kier alpha value is -1.06. The molecule has 2 fully saturated rings. The first kappa shape index (κ1) is 13.9. The van der Waals surface area contributed by atoms with E-state index in [1.165, 1.54) is 37.7 Å². The second-order valence-corrected chi connectivity index (χ2v) is 6.28. The highest BCUT2D eigenvalue weighted by Crippen LogP contribution is 2.36. The van der Waals surface area contributed by atoms with Gasteiger partial charge in [0.25, 0.3) is 0 Å². The minimum absolute atomic E-state index is 0.147. The average molecular weight is 275 g/mol. The third-order valence-electron chi connectivity index (χ3n) is 4.78. The number of morpholine rings is 1. The zero-order valence-electron chi connectivity index (χ0n) is 12.5. The summed E-state index contributed by atoms with van der Waals surface area (Å²) in [6.45, 7) is 3.08. The Morgan fingerprint density at radius 3 is 2.45 bits per heavy atom. The molecule has 0 bridgehead atoms. The zero-order valence-corrected chi connectivity index (χ0v) is 12.5. The highest BCUT2D eigenvalue weighted by atomic mass is 16.5. The van der Waals surface area contributed by atoms with Gasteiger partial charge in [0.1, 0.15) is 5.75 Å². The third-order valence-corrected chi connectivity index (χ3v) is 4.78. The summed E-state index contributed by atoms with van der Waals surface area (Å²) in [5.41, 5.74) is 1.47. The third kappa shape index (κ3) is 2.70. The minimum Gasteiger partial charge on any atom is -0.497 e. The van der Waals surface area contributed by atoms with Crippen LogP contribution in [0.25, 0.3) is 0 Å². The van der Waals surface area contributed by atoms with E-state index in [0.29, 0.717) is 6.04 Å². The van der Waals surface area contributed by atoms with Crippen molar-refractivity contribution >= 4 is 0 Å². The Balaban J connectivity index is 1.70. The lowest BCUT2D eigenvalue weighted by Crippen LogP contribution is -2.59.